The van der Waals surface area contributed by atoms with Crippen molar-refractivity contribution in [2.45, 2.75) is 18.3 Å². The predicted molar refractivity (Wildman–Crippen MR) is 93.6 cm³/mol. The van der Waals surface area contributed by atoms with Crippen molar-refractivity contribution >= 4 is 39.1 Å². The molecule has 0 saturated carbocycles. The van der Waals surface area contributed by atoms with Crippen LogP contribution in [0.4, 0.5) is 0 Å². The molecule has 2 unspecified atom stereocenters. The van der Waals surface area contributed by atoms with E-state index in [1.807, 2.05) is 18.2 Å². The largest absolute Gasteiger partial charge is 0.316 e. The van der Waals surface area contributed by atoms with Crippen LogP contribution in [0.25, 0.3) is 0 Å². The number of benzene rings is 2. The fraction of sp³-hybridized carbons (Fsp3) is 0.294. The Balaban J connectivity index is 1.94. The SMILES string of the molecule is Clc1ccc(C2CNCCC2c2ccc(Br)c(Cl)c2)cc1. The van der Waals surface area contributed by atoms with Crippen LogP contribution in [0, 0.1) is 0 Å². The summed E-state index contributed by atoms with van der Waals surface area (Å²) in [5.74, 6) is 0.936. The molecule has 0 aliphatic carbocycles. The molecule has 1 N–H and O–H groups in total. The maximum atomic E-state index is 6.27. The molecule has 1 nitrogen and oxygen atoms in total. The van der Waals surface area contributed by atoms with Gasteiger partial charge in [0, 0.05) is 22.0 Å². The van der Waals surface area contributed by atoms with Gasteiger partial charge in [0.25, 0.3) is 0 Å². The molecule has 0 bridgehead atoms. The van der Waals surface area contributed by atoms with E-state index in [4.69, 9.17) is 23.2 Å². The van der Waals surface area contributed by atoms with Gasteiger partial charge in [0.05, 0.1) is 5.02 Å². The van der Waals surface area contributed by atoms with Gasteiger partial charge in [-0.2, -0.15) is 0 Å². The van der Waals surface area contributed by atoms with Crippen molar-refractivity contribution in [3.63, 3.8) is 0 Å². The second-order valence-corrected chi connectivity index (χ2v) is 7.13. The lowest BCUT2D eigenvalue weighted by Gasteiger charge is -2.33. The summed E-state index contributed by atoms with van der Waals surface area (Å²) in [6.45, 7) is 2.03. The van der Waals surface area contributed by atoms with Gasteiger partial charge in [-0.05, 0) is 70.2 Å². The summed E-state index contributed by atoms with van der Waals surface area (Å²) in [5, 5.41) is 5.06. The van der Waals surface area contributed by atoms with Gasteiger partial charge in [-0.15, -0.1) is 0 Å². The summed E-state index contributed by atoms with van der Waals surface area (Å²) >= 11 is 15.7. The Morgan fingerprint density at radius 1 is 0.952 bits per heavy atom. The first-order valence-corrected chi connectivity index (χ1v) is 8.61. The lowest BCUT2D eigenvalue weighted by atomic mass is 9.77. The molecule has 4 heteroatoms. The normalized spacial score (nSPS) is 22.2. The van der Waals surface area contributed by atoms with Crippen molar-refractivity contribution in [1.82, 2.24) is 5.32 Å². The van der Waals surface area contributed by atoms with E-state index < -0.39 is 0 Å². The van der Waals surface area contributed by atoms with E-state index >= 15 is 0 Å². The molecule has 110 valence electrons. The van der Waals surface area contributed by atoms with E-state index in [0.29, 0.717) is 11.8 Å². The molecule has 2 atom stereocenters. The molecule has 21 heavy (non-hydrogen) atoms. The monoisotopic (exact) mass is 383 g/mol. The van der Waals surface area contributed by atoms with Gasteiger partial charge in [-0.1, -0.05) is 41.4 Å². The highest BCUT2D eigenvalue weighted by Crippen LogP contribution is 2.39. The summed E-state index contributed by atoms with van der Waals surface area (Å²) in [6, 6.07) is 14.5. The third kappa shape index (κ3) is 3.45. The van der Waals surface area contributed by atoms with Crippen LogP contribution >= 0.6 is 39.1 Å². The molecule has 0 amide bonds. The van der Waals surface area contributed by atoms with Crippen molar-refractivity contribution in [2.24, 2.45) is 0 Å². The Kier molecular flexibility index (Phi) is 4.90. The van der Waals surface area contributed by atoms with Crippen LogP contribution in [-0.4, -0.2) is 13.1 Å². The molecule has 0 radical (unpaired) electrons. The van der Waals surface area contributed by atoms with Crippen LogP contribution in [0.15, 0.2) is 46.9 Å². The smallest absolute Gasteiger partial charge is 0.0550 e. The second kappa shape index (κ2) is 6.70. The molecule has 0 spiro atoms. The van der Waals surface area contributed by atoms with Crippen LogP contribution in [-0.2, 0) is 0 Å². The molecule has 1 saturated heterocycles. The molecule has 3 rings (SSSR count). The van der Waals surface area contributed by atoms with Crippen LogP contribution in [0.2, 0.25) is 10.0 Å². The average Bonchev–Trinajstić information content (AvgIpc) is 2.51. The minimum absolute atomic E-state index is 0.452. The summed E-state index contributed by atoms with van der Waals surface area (Å²) in [7, 11) is 0. The Morgan fingerprint density at radius 2 is 1.67 bits per heavy atom. The molecule has 1 aliphatic heterocycles. The second-order valence-electron chi connectivity index (χ2n) is 5.43. The lowest BCUT2D eigenvalue weighted by Crippen LogP contribution is -2.34. The highest BCUT2D eigenvalue weighted by molar-refractivity contribution is 9.10. The lowest BCUT2D eigenvalue weighted by molar-refractivity contribution is 0.404. The maximum Gasteiger partial charge on any atom is 0.0550 e. The molecular weight excluding hydrogens is 369 g/mol. The number of halogens is 3. The van der Waals surface area contributed by atoms with Crippen molar-refractivity contribution in [3.05, 3.63) is 68.1 Å². The zero-order valence-electron chi connectivity index (χ0n) is 11.5. The van der Waals surface area contributed by atoms with E-state index in [1.54, 1.807) is 0 Å². The van der Waals surface area contributed by atoms with Gasteiger partial charge in [-0.3, -0.25) is 0 Å². The molecule has 1 aliphatic rings. The van der Waals surface area contributed by atoms with Crippen molar-refractivity contribution in [2.75, 3.05) is 13.1 Å². The Morgan fingerprint density at radius 3 is 2.38 bits per heavy atom. The number of piperidine rings is 1. The van der Waals surface area contributed by atoms with E-state index in [9.17, 15) is 0 Å². The van der Waals surface area contributed by atoms with E-state index in [2.05, 4.69) is 45.5 Å². The fourth-order valence-corrected chi connectivity index (χ4v) is 3.62. The highest BCUT2D eigenvalue weighted by atomic mass is 79.9. The topological polar surface area (TPSA) is 12.0 Å². The number of nitrogens with one attached hydrogen (secondary N) is 1. The Hall–Kier alpha value is -0.540. The summed E-state index contributed by atoms with van der Waals surface area (Å²) in [6.07, 6.45) is 1.12. The first kappa shape index (κ1) is 15.4. The number of rotatable bonds is 2. The summed E-state index contributed by atoms with van der Waals surface area (Å²) in [5.41, 5.74) is 2.64. The Labute approximate surface area is 143 Å². The van der Waals surface area contributed by atoms with Crippen LogP contribution in [0.3, 0.4) is 0 Å². The van der Waals surface area contributed by atoms with E-state index in [-0.39, 0.29) is 0 Å². The highest BCUT2D eigenvalue weighted by Gasteiger charge is 2.28. The summed E-state index contributed by atoms with van der Waals surface area (Å²) in [4.78, 5) is 0. The van der Waals surface area contributed by atoms with Crippen molar-refractivity contribution in [1.29, 1.82) is 0 Å². The first-order chi connectivity index (χ1) is 10.1. The van der Waals surface area contributed by atoms with Gasteiger partial charge >= 0.3 is 0 Å². The van der Waals surface area contributed by atoms with Gasteiger partial charge < -0.3 is 5.32 Å². The minimum atomic E-state index is 0.452. The zero-order valence-corrected chi connectivity index (χ0v) is 14.5. The number of hydrogen-bond donors (Lipinski definition) is 1. The minimum Gasteiger partial charge on any atom is -0.316 e. The standard InChI is InChI=1S/C17H16BrCl2N/c18-16-6-3-12(9-17(16)20)14-7-8-21-10-15(14)11-1-4-13(19)5-2-11/h1-6,9,14-15,21H,7-8,10H2. The van der Waals surface area contributed by atoms with Gasteiger partial charge in [0.1, 0.15) is 0 Å². The fourth-order valence-electron chi connectivity index (χ4n) is 3.06. The van der Waals surface area contributed by atoms with Gasteiger partial charge in [0.2, 0.25) is 0 Å². The van der Waals surface area contributed by atoms with Gasteiger partial charge in [0.15, 0.2) is 0 Å². The van der Waals surface area contributed by atoms with Gasteiger partial charge in [-0.25, -0.2) is 0 Å². The van der Waals surface area contributed by atoms with Crippen LogP contribution in [0.5, 0.6) is 0 Å². The molecule has 0 aromatic heterocycles. The molecular formula is C17H16BrCl2N. The van der Waals surface area contributed by atoms with E-state index in [1.165, 1.54) is 11.1 Å². The zero-order chi connectivity index (χ0) is 14.8. The third-order valence-corrected chi connectivity index (χ3v) is 5.64. The van der Waals surface area contributed by atoms with E-state index in [0.717, 1.165) is 34.0 Å². The summed E-state index contributed by atoms with van der Waals surface area (Å²) < 4.78 is 0.949. The van der Waals surface area contributed by atoms with Crippen LogP contribution in [0.1, 0.15) is 29.4 Å². The van der Waals surface area contributed by atoms with Crippen LogP contribution < -0.4 is 5.32 Å². The number of hydrogen-bond acceptors (Lipinski definition) is 1. The maximum absolute atomic E-state index is 6.27. The third-order valence-electron chi connectivity index (χ3n) is 4.15. The average molecular weight is 385 g/mol. The molecule has 1 fully saturated rings. The first-order valence-electron chi connectivity index (χ1n) is 7.06. The van der Waals surface area contributed by atoms with Crippen molar-refractivity contribution < 1.29 is 0 Å². The Bertz CT molecular complexity index is 627. The van der Waals surface area contributed by atoms with Crippen molar-refractivity contribution in [3.8, 4) is 0 Å². The quantitative estimate of drug-likeness (QED) is 0.708. The molecule has 1 heterocycles. The molecule has 2 aromatic carbocycles. The molecule has 2 aromatic rings. The predicted octanol–water partition coefficient (Wildman–Crippen LogP) is 5.62.